The number of carbonyl (C=O) groups is 1. The first kappa shape index (κ1) is 20.6. The molecule has 3 aromatic rings. The highest BCUT2D eigenvalue weighted by Crippen LogP contribution is 2.33. The van der Waals surface area contributed by atoms with E-state index in [0.29, 0.717) is 17.0 Å². The summed E-state index contributed by atoms with van der Waals surface area (Å²) in [6.45, 7) is 1.54. The van der Waals surface area contributed by atoms with E-state index in [4.69, 9.17) is 10.5 Å². The number of rotatable bonds is 4. The minimum atomic E-state index is -4.71. The summed E-state index contributed by atoms with van der Waals surface area (Å²) in [5, 5.41) is 24.5. The molecule has 0 bridgehead atoms. The fourth-order valence-electron chi connectivity index (χ4n) is 2.82. The zero-order valence-electron chi connectivity index (χ0n) is 15.7. The lowest BCUT2D eigenvalue weighted by atomic mass is 10.1. The molecule has 0 saturated heterocycles. The number of nitrogens with zero attached hydrogens (tertiary/aromatic N) is 4. The largest absolute Gasteiger partial charge is 0.417 e. The second-order valence-electron chi connectivity index (χ2n) is 6.44. The Balaban J connectivity index is 1.76. The number of hydrogen-bond acceptors (Lipinski definition) is 4. The summed E-state index contributed by atoms with van der Waals surface area (Å²) in [5.41, 5.74) is 0.857. The Morgan fingerprint density at radius 3 is 2.40 bits per heavy atom. The van der Waals surface area contributed by atoms with Crippen LogP contribution < -0.4 is 5.32 Å². The molecule has 1 aromatic heterocycles. The molecule has 0 radical (unpaired) electrons. The fourth-order valence-corrected chi connectivity index (χ4v) is 2.82. The molecule has 150 valence electrons. The average molecular weight is 409 g/mol. The molecule has 0 aliphatic carbocycles. The third-order valence-electron chi connectivity index (χ3n) is 4.31. The van der Waals surface area contributed by atoms with Gasteiger partial charge in [-0.3, -0.25) is 9.48 Å². The summed E-state index contributed by atoms with van der Waals surface area (Å²) >= 11 is 0. The number of anilines is 1. The summed E-state index contributed by atoms with van der Waals surface area (Å²) in [6, 6.07) is 15.0. The zero-order chi connectivity index (χ0) is 21.9. The van der Waals surface area contributed by atoms with Crippen molar-refractivity contribution >= 4 is 11.6 Å². The molecule has 0 aliphatic rings. The Bertz CT molecular complexity index is 1180. The topological polar surface area (TPSA) is 94.5 Å². The van der Waals surface area contributed by atoms with Gasteiger partial charge in [-0.05, 0) is 43.3 Å². The van der Waals surface area contributed by atoms with Crippen molar-refractivity contribution < 1.29 is 18.0 Å². The molecule has 0 fully saturated rings. The van der Waals surface area contributed by atoms with Crippen molar-refractivity contribution in [1.82, 2.24) is 9.78 Å². The molecule has 0 saturated carbocycles. The smallest absolute Gasteiger partial charge is 0.324 e. The van der Waals surface area contributed by atoms with E-state index in [1.165, 1.54) is 16.8 Å². The van der Waals surface area contributed by atoms with Crippen LogP contribution in [0.15, 0.2) is 48.5 Å². The molecule has 30 heavy (non-hydrogen) atoms. The van der Waals surface area contributed by atoms with E-state index in [9.17, 15) is 18.0 Å². The molecule has 6 nitrogen and oxygen atoms in total. The van der Waals surface area contributed by atoms with Gasteiger partial charge in [0.05, 0.1) is 34.5 Å². The number of nitrogens with one attached hydrogen (secondary N) is 1. The number of carbonyl (C=O) groups excluding carboxylic acids is 1. The molecular formula is C21H14F3N5O. The van der Waals surface area contributed by atoms with E-state index in [2.05, 4.69) is 10.4 Å². The summed E-state index contributed by atoms with van der Waals surface area (Å²) in [5.74, 6) is -0.564. The van der Waals surface area contributed by atoms with Crippen molar-refractivity contribution in [2.75, 3.05) is 5.32 Å². The number of amides is 1. The van der Waals surface area contributed by atoms with Gasteiger partial charge in [-0.2, -0.15) is 28.8 Å². The van der Waals surface area contributed by atoms with Gasteiger partial charge in [0.15, 0.2) is 0 Å². The third kappa shape index (κ3) is 4.47. The van der Waals surface area contributed by atoms with Crippen LogP contribution in [0.1, 0.15) is 22.4 Å². The Morgan fingerprint density at radius 1 is 1.10 bits per heavy atom. The summed E-state index contributed by atoms with van der Waals surface area (Å²) < 4.78 is 40.6. The highest BCUT2D eigenvalue weighted by atomic mass is 19.4. The monoisotopic (exact) mass is 409 g/mol. The van der Waals surface area contributed by atoms with Crippen LogP contribution in [0.3, 0.4) is 0 Å². The van der Waals surface area contributed by atoms with Crippen LogP contribution >= 0.6 is 0 Å². The molecule has 0 atom stereocenters. The second kappa shape index (κ2) is 8.10. The second-order valence-corrected chi connectivity index (χ2v) is 6.44. The standard InChI is InChI=1S/C21H14F3N5O/c1-13-8-19(15-4-2-14(10-25)3-5-15)28-29(13)12-20(30)27-17-7-6-16(11-26)18(9-17)21(22,23)24/h2-9H,12H2,1H3,(H,27,30). The lowest BCUT2D eigenvalue weighted by Gasteiger charge is -2.12. The predicted octanol–water partition coefficient (Wildman–Crippen LogP) is 4.26. The SMILES string of the molecule is Cc1cc(-c2ccc(C#N)cc2)nn1CC(=O)Nc1ccc(C#N)c(C(F)(F)F)c1. The van der Waals surface area contributed by atoms with Crippen molar-refractivity contribution in [3.8, 4) is 23.4 Å². The van der Waals surface area contributed by atoms with E-state index in [0.717, 1.165) is 17.7 Å². The van der Waals surface area contributed by atoms with Crippen LogP contribution in [0.25, 0.3) is 11.3 Å². The minimum absolute atomic E-state index is 0.0663. The first-order valence-electron chi connectivity index (χ1n) is 8.67. The molecule has 1 heterocycles. The number of alkyl halides is 3. The molecule has 9 heteroatoms. The zero-order valence-corrected chi connectivity index (χ0v) is 15.7. The van der Waals surface area contributed by atoms with Crippen molar-refractivity contribution in [2.24, 2.45) is 0 Å². The Hall–Kier alpha value is -4.11. The van der Waals surface area contributed by atoms with Crippen LogP contribution in [-0.2, 0) is 17.5 Å². The number of benzene rings is 2. The summed E-state index contributed by atoms with van der Waals surface area (Å²) in [7, 11) is 0. The molecule has 3 rings (SSSR count). The maximum absolute atomic E-state index is 13.1. The third-order valence-corrected chi connectivity index (χ3v) is 4.31. The lowest BCUT2D eigenvalue weighted by Crippen LogP contribution is -2.20. The Morgan fingerprint density at radius 2 is 1.80 bits per heavy atom. The highest BCUT2D eigenvalue weighted by molar-refractivity contribution is 5.90. The molecule has 1 N–H and O–H groups in total. The lowest BCUT2D eigenvalue weighted by molar-refractivity contribution is -0.137. The molecule has 0 aliphatic heterocycles. The van der Waals surface area contributed by atoms with Gasteiger partial charge in [-0.25, -0.2) is 0 Å². The first-order valence-corrected chi connectivity index (χ1v) is 8.67. The van der Waals surface area contributed by atoms with Crippen LogP contribution in [0, 0.1) is 29.6 Å². The van der Waals surface area contributed by atoms with Crippen molar-refractivity contribution in [3.05, 3.63) is 70.9 Å². The van der Waals surface area contributed by atoms with Crippen molar-refractivity contribution in [1.29, 1.82) is 10.5 Å². The molecule has 0 spiro atoms. The van der Waals surface area contributed by atoms with Crippen LogP contribution in [0.2, 0.25) is 0 Å². The number of nitriles is 2. The normalized spacial score (nSPS) is 10.9. The highest BCUT2D eigenvalue weighted by Gasteiger charge is 2.34. The van der Waals surface area contributed by atoms with Gasteiger partial charge >= 0.3 is 6.18 Å². The van der Waals surface area contributed by atoms with E-state index in [1.54, 1.807) is 37.3 Å². The fraction of sp³-hybridized carbons (Fsp3) is 0.143. The molecule has 0 unspecified atom stereocenters. The van der Waals surface area contributed by atoms with Gasteiger partial charge in [0, 0.05) is 16.9 Å². The number of aromatic nitrogens is 2. The van der Waals surface area contributed by atoms with Gasteiger partial charge in [-0.1, -0.05) is 12.1 Å². The minimum Gasteiger partial charge on any atom is -0.324 e. The maximum atomic E-state index is 13.1. The van der Waals surface area contributed by atoms with Crippen LogP contribution in [0.4, 0.5) is 18.9 Å². The van der Waals surface area contributed by atoms with Crippen LogP contribution in [-0.4, -0.2) is 15.7 Å². The van der Waals surface area contributed by atoms with E-state index in [1.807, 2.05) is 6.07 Å². The Labute approximate surface area is 169 Å². The summed E-state index contributed by atoms with van der Waals surface area (Å²) in [6.07, 6.45) is -4.71. The van der Waals surface area contributed by atoms with E-state index in [-0.39, 0.29) is 12.2 Å². The number of aryl methyl sites for hydroxylation is 1. The molecule has 2 aromatic carbocycles. The maximum Gasteiger partial charge on any atom is 0.417 e. The average Bonchev–Trinajstić information content (AvgIpc) is 3.07. The molecular weight excluding hydrogens is 395 g/mol. The number of halogens is 3. The van der Waals surface area contributed by atoms with Gasteiger partial charge in [-0.15, -0.1) is 0 Å². The quantitative estimate of drug-likeness (QED) is 0.697. The first-order chi connectivity index (χ1) is 14.2. The predicted molar refractivity (Wildman–Crippen MR) is 102 cm³/mol. The van der Waals surface area contributed by atoms with E-state index < -0.39 is 23.2 Å². The summed E-state index contributed by atoms with van der Waals surface area (Å²) in [4.78, 5) is 12.3. The molecule has 1 amide bonds. The van der Waals surface area contributed by atoms with E-state index >= 15 is 0 Å². The van der Waals surface area contributed by atoms with Gasteiger partial charge < -0.3 is 5.32 Å². The van der Waals surface area contributed by atoms with Gasteiger partial charge in [0.2, 0.25) is 5.91 Å². The number of hydrogen-bond donors (Lipinski definition) is 1. The van der Waals surface area contributed by atoms with Crippen LogP contribution in [0.5, 0.6) is 0 Å². The Kier molecular flexibility index (Phi) is 5.56. The van der Waals surface area contributed by atoms with Crippen molar-refractivity contribution in [2.45, 2.75) is 19.6 Å². The van der Waals surface area contributed by atoms with Gasteiger partial charge in [0.25, 0.3) is 0 Å². The van der Waals surface area contributed by atoms with Crippen molar-refractivity contribution in [3.63, 3.8) is 0 Å². The van der Waals surface area contributed by atoms with Gasteiger partial charge in [0.1, 0.15) is 6.54 Å².